The first-order valence-electron chi connectivity index (χ1n) is 15.0. The van der Waals surface area contributed by atoms with Gasteiger partial charge in [0.25, 0.3) is 10.1 Å². The molecule has 0 bridgehead atoms. The Morgan fingerprint density at radius 2 is 1.16 bits per heavy atom. The summed E-state index contributed by atoms with van der Waals surface area (Å²) in [6, 6.07) is -1.06. The van der Waals surface area contributed by atoms with Gasteiger partial charge in [0.05, 0.1) is 17.9 Å². The standard InChI is InChI=1S/C30H57NO5S/c1-3-5-7-9-11-13-14-15-16-17-18-19-21-23-25-29(32)28(27-37(34,35)36)31-30(33)26-24-22-20-12-10-8-6-4-2/h17-18,23,25,28-29,32H,3-16,19-22,24,26-27H2,1-2H3,(H,31,33)(H,34,35,36)/b18-17+,25-23+. The second-order valence-corrected chi connectivity index (χ2v) is 11.9. The van der Waals surface area contributed by atoms with Crippen molar-refractivity contribution >= 4 is 16.0 Å². The number of carbonyl (C=O) groups is 1. The zero-order valence-electron chi connectivity index (χ0n) is 23.8. The van der Waals surface area contributed by atoms with Gasteiger partial charge in [-0.15, -0.1) is 0 Å². The Hall–Kier alpha value is -1.18. The van der Waals surface area contributed by atoms with E-state index in [1.165, 1.54) is 89.5 Å². The summed E-state index contributed by atoms with van der Waals surface area (Å²) < 4.78 is 32.0. The van der Waals surface area contributed by atoms with E-state index in [4.69, 9.17) is 0 Å². The van der Waals surface area contributed by atoms with Crippen LogP contribution in [0.2, 0.25) is 0 Å². The molecular weight excluding hydrogens is 486 g/mol. The highest BCUT2D eigenvalue weighted by molar-refractivity contribution is 7.85. The van der Waals surface area contributed by atoms with Crippen molar-refractivity contribution in [3.8, 4) is 0 Å². The van der Waals surface area contributed by atoms with Gasteiger partial charge < -0.3 is 10.4 Å². The number of aliphatic hydroxyl groups is 1. The van der Waals surface area contributed by atoms with Crippen molar-refractivity contribution in [2.24, 2.45) is 0 Å². The molecule has 0 heterocycles. The molecule has 3 N–H and O–H groups in total. The van der Waals surface area contributed by atoms with Crippen LogP contribution in [0.4, 0.5) is 0 Å². The zero-order chi connectivity index (χ0) is 27.6. The molecule has 0 aromatic heterocycles. The average Bonchev–Trinajstić information content (AvgIpc) is 2.84. The molecule has 1 amide bonds. The summed E-state index contributed by atoms with van der Waals surface area (Å²) in [4.78, 5) is 12.3. The Bertz CT molecular complexity index is 690. The lowest BCUT2D eigenvalue weighted by atomic mass is 10.1. The van der Waals surface area contributed by atoms with Crippen LogP contribution in [-0.4, -0.2) is 41.9 Å². The molecule has 0 saturated heterocycles. The largest absolute Gasteiger partial charge is 0.387 e. The van der Waals surface area contributed by atoms with E-state index in [1.54, 1.807) is 6.08 Å². The number of hydrogen-bond donors (Lipinski definition) is 3. The quantitative estimate of drug-likeness (QED) is 0.0590. The predicted octanol–water partition coefficient (Wildman–Crippen LogP) is 7.67. The summed E-state index contributed by atoms with van der Waals surface area (Å²) in [6.45, 7) is 4.43. The second kappa shape index (κ2) is 25.1. The van der Waals surface area contributed by atoms with Crippen LogP contribution >= 0.6 is 0 Å². The lowest BCUT2D eigenvalue weighted by molar-refractivity contribution is -0.122. The van der Waals surface area contributed by atoms with Gasteiger partial charge in [0.15, 0.2) is 0 Å². The molecule has 0 saturated carbocycles. The van der Waals surface area contributed by atoms with Crippen molar-refractivity contribution in [3.05, 3.63) is 24.3 Å². The smallest absolute Gasteiger partial charge is 0.267 e. The van der Waals surface area contributed by atoms with Gasteiger partial charge in [-0.3, -0.25) is 9.35 Å². The molecule has 2 unspecified atom stereocenters. The Balaban J connectivity index is 4.16. The molecule has 0 radical (unpaired) electrons. The Morgan fingerprint density at radius 3 is 1.70 bits per heavy atom. The summed E-state index contributed by atoms with van der Waals surface area (Å²) >= 11 is 0. The highest BCUT2D eigenvalue weighted by Crippen LogP contribution is 2.11. The van der Waals surface area contributed by atoms with Crippen molar-refractivity contribution in [1.29, 1.82) is 0 Å². The van der Waals surface area contributed by atoms with Crippen molar-refractivity contribution < 1.29 is 22.9 Å². The van der Waals surface area contributed by atoms with Crippen LogP contribution in [-0.2, 0) is 14.9 Å². The molecule has 0 aromatic carbocycles. The molecule has 6 nitrogen and oxygen atoms in total. The van der Waals surface area contributed by atoms with E-state index in [-0.39, 0.29) is 12.3 Å². The van der Waals surface area contributed by atoms with Gasteiger partial charge in [-0.05, 0) is 32.1 Å². The summed E-state index contributed by atoms with van der Waals surface area (Å²) in [5.74, 6) is -1.00. The maximum Gasteiger partial charge on any atom is 0.267 e. The van der Waals surface area contributed by atoms with E-state index in [1.807, 2.05) is 0 Å². The average molecular weight is 544 g/mol. The molecule has 0 aliphatic rings. The number of aliphatic hydroxyl groups excluding tert-OH is 1. The molecule has 0 fully saturated rings. The molecule has 2 atom stereocenters. The third-order valence-electron chi connectivity index (χ3n) is 6.63. The van der Waals surface area contributed by atoms with Gasteiger partial charge in [0.2, 0.25) is 5.91 Å². The molecule has 7 heteroatoms. The van der Waals surface area contributed by atoms with Gasteiger partial charge in [-0.2, -0.15) is 8.42 Å². The summed E-state index contributed by atoms with van der Waals surface area (Å²) in [5, 5.41) is 13.0. The molecule has 0 spiro atoms. The summed E-state index contributed by atoms with van der Waals surface area (Å²) in [5.41, 5.74) is 0. The maximum absolute atomic E-state index is 12.3. The third kappa shape index (κ3) is 26.2. The SMILES string of the molecule is CCCCCCCCCC/C=C/CC/C=C/C(O)C(CS(=O)(=O)O)NC(=O)CCCCCCCCCC. The van der Waals surface area contributed by atoms with Gasteiger partial charge in [-0.1, -0.05) is 128 Å². The lowest BCUT2D eigenvalue weighted by Crippen LogP contribution is -2.46. The minimum absolute atomic E-state index is 0.289. The van der Waals surface area contributed by atoms with Crippen LogP contribution in [0.5, 0.6) is 0 Å². The van der Waals surface area contributed by atoms with Crippen LogP contribution in [0.15, 0.2) is 24.3 Å². The minimum atomic E-state index is -4.33. The molecule has 37 heavy (non-hydrogen) atoms. The number of hydrogen-bond acceptors (Lipinski definition) is 4. The third-order valence-corrected chi connectivity index (χ3v) is 7.41. The van der Waals surface area contributed by atoms with Crippen LogP contribution in [0.3, 0.4) is 0 Å². The molecular formula is C30H57NO5S. The molecule has 0 aliphatic heterocycles. The van der Waals surface area contributed by atoms with Crippen LogP contribution < -0.4 is 5.32 Å². The summed E-state index contributed by atoms with van der Waals surface area (Å²) in [6.07, 6.45) is 28.9. The molecule has 218 valence electrons. The highest BCUT2D eigenvalue weighted by Gasteiger charge is 2.24. The van der Waals surface area contributed by atoms with Gasteiger partial charge in [0.1, 0.15) is 0 Å². The van der Waals surface area contributed by atoms with Crippen molar-refractivity contribution in [1.82, 2.24) is 5.32 Å². The van der Waals surface area contributed by atoms with Gasteiger partial charge >= 0.3 is 0 Å². The zero-order valence-corrected chi connectivity index (χ0v) is 24.7. The topological polar surface area (TPSA) is 104 Å². The Morgan fingerprint density at radius 1 is 0.703 bits per heavy atom. The number of amides is 1. The number of carbonyl (C=O) groups excluding carboxylic acids is 1. The van der Waals surface area contributed by atoms with E-state index in [0.29, 0.717) is 0 Å². The van der Waals surface area contributed by atoms with E-state index in [0.717, 1.165) is 38.5 Å². The minimum Gasteiger partial charge on any atom is -0.387 e. The predicted molar refractivity (Wildman–Crippen MR) is 156 cm³/mol. The normalized spacial score (nSPS) is 13.9. The fourth-order valence-corrected chi connectivity index (χ4v) is 5.08. The first-order chi connectivity index (χ1) is 17.8. The first kappa shape index (κ1) is 35.8. The number of nitrogens with one attached hydrogen (secondary N) is 1. The molecule has 0 aliphatic carbocycles. The Kier molecular flexibility index (Phi) is 24.3. The molecule has 0 aromatic rings. The highest BCUT2D eigenvalue weighted by atomic mass is 32.2. The number of rotatable bonds is 26. The first-order valence-corrected chi connectivity index (χ1v) is 16.6. The molecule has 0 rings (SSSR count). The van der Waals surface area contributed by atoms with Crippen molar-refractivity contribution in [2.75, 3.05) is 5.75 Å². The summed E-state index contributed by atoms with van der Waals surface area (Å²) in [7, 11) is -4.33. The lowest BCUT2D eigenvalue weighted by Gasteiger charge is -2.21. The second-order valence-electron chi connectivity index (χ2n) is 10.4. The maximum atomic E-state index is 12.3. The van der Waals surface area contributed by atoms with E-state index in [9.17, 15) is 22.9 Å². The fraction of sp³-hybridized carbons (Fsp3) is 0.833. The van der Waals surface area contributed by atoms with E-state index >= 15 is 0 Å². The fourth-order valence-electron chi connectivity index (χ4n) is 4.34. The monoisotopic (exact) mass is 543 g/mol. The van der Waals surface area contributed by atoms with Gasteiger partial charge in [-0.25, -0.2) is 0 Å². The van der Waals surface area contributed by atoms with Crippen LogP contribution in [0.1, 0.15) is 142 Å². The van der Waals surface area contributed by atoms with Crippen LogP contribution in [0.25, 0.3) is 0 Å². The van der Waals surface area contributed by atoms with E-state index in [2.05, 4.69) is 31.3 Å². The number of allylic oxidation sites excluding steroid dienone is 3. The number of unbranched alkanes of at least 4 members (excludes halogenated alkanes) is 16. The van der Waals surface area contributed by atoms with Gasteiger partial charge in [0, 0.05) is 6.42 Å². The van der Waals surface area contributed by atoms with Crippen molar-refractivity contribution in [2.45, 2.75) is 154 Å². The van der Waals surface area contributed by atoms with Crippen LogP contribution in [0, 0.1) is 0 Å². The van der Waals surface area contributed by atoms with E-state index < -0.39 is 28.0 Å². The van der Waals surface area contributed by atoms with Crippen molar-refractivity contribution in [3.63, 3.8) is 0 Å². The Labute approximate surface area is 228 Å².